The van der Waals surface area contributed by atoms with Crippen LogP contribution in [0.15, 0.2) is 77.7 Å². The SMILES string of the molecule is CC1=C(CCC(=O)O)C2=CC3=NC(=Cc4[nH]c(c(=CO)c4C)=CC4=NC(=CC1=N2)C(C(O)C(F)(F)F)=C4C)C(C)=C3CCC(=O)O. The number of halogens is 3. The lowest BCUT2D eigenvalue weighted by Gasteiger charge is -2.17. The van der Waals surface area contributed by atoms with Gasteiger partial charge in [0.25, 0.3) is 0 Å². The van der Waals surface area contributed by atoms with E-state index >= 15 is 0 Å². The molecule has 13 heteroatoms. The summed E-state index contributed by atoms with van der Waals surface area (Å²) < 4.78 is 41.7. The molecule has 1 unspecified atom stereocenters. The molecule has 5 N–H and O–H groups in total. The molecule has 46 heavy (non-hydrogen) atoms. The van der Waals surface area contributed by atoms with E-state index in [1.165, 1.54) is 19.1 Å². The molecule has 5 heterocycles. The molecule has 8 bridgehead atoms. The normalized spacial score (nSPS) is 19.1. The highest BCUT2D eigenvalue weighted by atomic mass is 19.4. The Kier molecular flexibility index (Phi) is 8.47. The number of allylic oxidation sites excluding steroid dienone is 7. The van der Waals surface area contributed by atoms with E-state index in [9.17, 15) is 43.2 Å². The van der Waals surface area contributed by atoms with E-state index in [0.717, 1.165) is 11.8 Å². The number of nitrogens with one attached hydrogen (secondary N) is 1. The second kappa shape index (κ2) is 12.0. The number of aliphatic carboxylic acids is 2. The fourth-order valence-electron chi connectivity index (χ4n) is 5.84. The third-order valence-electron chi connectivity index (χ3n) is 8.45. The van der Waals surface area contributed by atoms with Gasteiger partial charge in [-0.3, -0.25) is 9.59 Å². The summed E-state index contributed by atoms with van der Waals surface area (Å²) in [7, 11) is 0. The van der Waals surface area contributed by atoms with Gasteiger partial charge in [-0.05, 0) is 98.3 Å². The largest absolute Gasteiger partial charge is 0.515 e. The van der Waals surface area contributed by atoms with Gasteiger partial charge in [-0.1, -0.05) is 0 Å². The van der Waals surface area contributed by atoms with Gasteiger partial charge in [-0.25, -0.2) is 15.0 Å². The van der Waals surface area contributed by atoms with Crippen LogP contribution in [-0.4, -0.2) is 66.8 Å². The highest BCUT2D eigenvalue weighted by Gasteiger charge is 2.44. The minimum Gasteiger partial charge on any atom is -0.515 e. The summed E-state index contributed by atoms with van der Waals surface area (Å²) in [4.78, 5) is 40.1. The molecule has 1 atom stereocenters. The van der Waals surface area contributed by atoms with Crippen LogP contribution >= 0.6 is 0 Å². The zero-order valence-electron chi connectivity index (χ0n) is 25.4. The highest BCUT2D eigenvalue weighted by Crippen LogP contribution is 2.39. The number of aromatic amines is 1. The van der Waals surface area contributed by atoms with Gasteiger partial charge < -0.3 is 25.4 Å². The molecule has 4 aliphatic rings. The number of aliphatic hydroxyl groups is 2. The molecule has 0 spiro atoms. The minimum absolute atomic E-state index is 0.0616. The van der Waals surface area contributed by atoms with Gasteiger partial charge in [-0.2, -0.15) is 13.2 Å². The van der Waals surface area contributed by atoms with E-state index in [-0.39, 0.29) is 48.4 Å². The molecule has 0 saturated heterocycles. The van der Waals surface area contributed by atoms with Crippen molar-refractivity contribution >= 4 is 47.5 Å². The Morgan fingerprint density at radius 2 is 1.37 bits per heavy atom. The summed E-state index contributed by atoms with van der Waals surface area (Å²) in [6.45, 7) is 6.64. The minimum atomic E-state index is -5.00. The standard InChI is InChI=1S/C33H31F3N4O6/c1-14-18(5-7-29(42)43)25-12-26-19(6-8-30(44)45)15(2)23(38-26)11-28-31(32(46)33(34,35)36)17(4)24(40-28)10-27-20(13-41)16(3)22(39-27)9-21(14)37-25/h9-13,32,39,41,46H,5-8H2,1-4H3,(H,42,43)(H,44,45). The van der Waals surface area contributed by atoms with E-state index in [0.29, 0.717) is 55.7 Å². The number of H-pyrrole nitrogens is 1. The maximum atomic E-state index is 13.9. The third kappa shape index (κ3) is 5.97. The van der Waals surface area contributed by atoms with Crippen molar-refractivity contribution in [2.24, 2.45) is 15.0 Å². The van der Waals surface area contributed by atoms with Gasteiger partial charge in [0.1, 0.15) is 0 Å². The fraction of sp³-hybridized carbons (Fsp3) is 0.303. The Bertz CT molecular complexity index is 1990. The predicted octanol–water partition coefficient (Wildman–Crippen LogP) is 4.49. The summed E-state index contributed by atoms with van der Waals surface area (Å²) in [5.41, 5.74) is 4.62. The van der Waals surface area contributed by atoms with Crippen LogP contribution in [0.3, 0.4) is 0 Å². The lowest BCUT2D eigenvalue weighted by Crippen LogP contribution is -2.31. The van der Waals surface area contributed by atoms with Crippen LogP contribution in [0.1, 0.15) is 57.7 Å². The van der Waals surface area contributed by atoms with Gasteiger partial charge in [0.15, 0.2) is 6.10 Å². The molecule has 0 amide bonds. The first kappa shape index (κ1) is 32.4. The van der Waals surface area contributed by atoms with Crippen LogP contribution in [0.25, 0.3) is 18.4 Å². The molecule has 5 rings (SSSR count). The lowest BCUT2D eigenvalue weighted by atomic mass is 9.96. The molecule has 0 aromatic carbocycles. The number of hydrogen-bond donors (Lipinski definition) is 5. The van der Waals surface area contributed by atoms with Crippen molar-refractivity contribution in [1.29, 1.82) is 0 Å². The molecule has 1 aromatic heterocycles. The molecular weight excluding hydrogens is 605 g/mol. The molecule has 0 saturated carbocycles. The Hall–Kier alpha value is -5.04. The Morgan fingerprint density at radius 3 is 1.98 bits per heavy atom. The Labute approximate surface area is 260 Å². The Morgan fingerprint density at radius 1 is 0.804 bits per heavy atom. The fourth-order valence-corrected chi connectivity index (χ4v) is 5.84. The van der Waals surface area contributed by atoms with Crippen LogP contribution < -0.4 is 10.6 Å². The van der Waals surface area contributed by atoms with E-state index in [1.54, 1.807) is 26.0 Å². The monoisotopic (exact) mass is 636 g/mol. The molecule has 1 aromatic rings. The predicted molar refractivity (Wildman–Crippen MR) is 167 cm³/mol. The number of nitrogens with zero attached hydrogens (tertiary/aromatic N) is 3. The van der Waals surface area contributed by atoms with E-state index in [4.69, 9.17) is 4.99 Å². The molecule has 0 aliphatic carbocycles. The van der Waals surface area contributed by atoms with E-state index in [1.807, 2.05) is 6.92 Å². The van der Waals surface area contributed by atoms with Gasteiger partial charge in [0.2, 0.25) is 0 Å². The molecule has 240 valence electrons. The number of aliphatic hydroxyl groups excluding tert-OH is 2. The zero-order chi connectivity index (χ0) is 33.7. The van der Waals surface area contributed by atoms with Crippen molar-refractivity contribution in [3.8, 4) is 0 Å². The maximum Gasteiger partial charge on any atom is 0.418 e. The number of fused-ring (bicyclic) bond motifs is 5. The van der Waals surface area contributed by atoms with Crippen LogP contribution in [0, 0.1) is 6.92 Å². The molecule has 10 nitrogen and oxygen atoms in total. The topological polar surface area (TPSA) is 168 Å². The average molecular weight is 637 g/mol. The number of rotatable bonds is 7. The number of aliphatic imine (C=N–C) groups is 3. The molecule has 0 radical (unpaired) electrons. The smallest absolute Gasteiger partial charge is 0.418 e. The van der Waals surface area contributed by atoms with Crippen molar-refractivity contribution in [3.05, 3.63) is 84.5 Å². The van der Waals surface area contributed by atoms with Crippen LogP contribution in [-0.2, 0) is 9.59 Å². The van der Waals surface area contributed by atoms with Crippen LogP contribution in [0.4, 0.5) is 13.2 Å². The summed E-state index contributed by atoms with van der Waals surface area (Å²) in [5.74, 6) is -2.06. The van der Waals surface area contributed by atoms with Gasteiger partial charge in [0, 0.05) is 29.3 Å². The van der Waals surface area contributed by atoms with Gasteiger partial charge in [-0.15, -0.1) is 0 Å². The zero-order valence-corrected chi connectivity index (χ0v) is 25.4. The van der Waals surface area contributed by atoms with Crippen molar-refractivity contribution in [1.82, 2.24) is 4.98 Å². The molecular formula is C33H31F3N4O6. The number of alkyl halides is 3. The summed E-state index contributed by atoms with van der Waals surface area (Å²) in [5, 5.41) is 40.1. The number of hydrogen-bond acceptors (Lipinski definition) is 7. The van der Waals surface area contributed by atoms with Crippen LogP contribution in [0.5, 0.6) is 0 Å². The third-order valence-corrected chi connectivity index (χ3v) is 8.45. The first-order chi connectivity index (χ1) is 21.6. The Balaban J connectivity index is 1.84. The van der Waals surface area contributed by atoms with Crippen molar-refractivity contribution in [2.45, 2.75) is 65.7 Å². The van der Waals surface area contributed by atoms with E-state index in [2.05, 4.69) is 15.0 Å². The average Bonchev–Trinajstić information content (AvgIpc) is 3.63. The summed E-state index contributed by atoms with van der Waals surface area (Å²) in [6, 6.07) is 0. The van der Waals surface area contributed by atoms with Gasteiger partial charge >= 0.3 is 18.1 Å². The summed E-state index contributed by atoms with van der Waals surface area (Å²) in [6.07, 6.45) is -1.02. The van der Waals surface area contributed by atoms with Crippen molar-refractivity contribution in [3.63, 3.8) is 0 Å². The van der Waals surface area contributed by atoms with Crippen molar-refractivity contribution in [2.75, 3.05) is 0 Å². The second-order valence-electron chi connectivity index (χ2n) is 11.3. The number of aromatic nitrogens is 1. The summed E-state index contributed by atoms with van der Waals surface area (Å²) >= 11 is 0. The quantitative estimate of drug-likeness (QED) is 0.296. The van der Waals surface area contributed by atoms with Crippen LogP contribution in [0.2, 0.25) is 0 Å². The van der Waals surface area contributed by atoms with Crippen molar-refractivity contribution < 1.29 is 43.2 Å². The first-order valence-corrected chi connectivity index (χ1v) is 14.4. The first-order valence-electron chi connectivity index (χ1n) is 14.4. The maximum absolute atomic E-state index is 13.9. The van der Waals surface area contributed by atoms with Gasteiger partial charge in [0.05, 0.1) is 45.8 Å². The number of carbonyl (C=O) groups is 2. The van der Waals surface area contributed by atoms with E-state index < -0.39 is 29.8 Å². The molecule has 0 fully saturated rings. The highest BCUT2D eigenvalue weighted by molar-refractivity contribution is 6.24. The second-order valence-corrected chi connectivity index (χ2v) is 11.3. The lowest BCUT2D eigenvalue weighted by molar-refractivity contribution is -0.190. The number of carboxylic acid groups (broad SMARTS) is 2. The molecule has 4 aliphatic heterocycles. The number of carboxylic acids is 2.